The van der Waals surface area contributed by atoms with Crippen LogP contribution in [0.3, 0.4) is 0 Å². The zero-order valence-corrected chi connectivity index (χ0v) is 7.61. The summed E-state index contributed by atoms with van der Waals surface area (Å²) in [6.45, 7) is 0. The van der Waals surface area contributed by atoms with E-state index in [1.807, 2.05) is 0 Å². The smallest absolute Gasteiger partial charge is 0.425 e. The van der Waals surface area contributed by atoms with Gasteiger partial charge >= 0.3 is 6.09 Å². The highest BCUT2D eigenvalue weighted by Crippen LogP contribution is 1.96. The van der Waals surface area contributed by atoms with Crippen LogP contribution in [0.4, 0.5) is 4.79 Å². The van der Waals surface area contributed by atoms with E-state index in [4.69, 9.17) is 0 Å². The van der Waals surface area contributed by atoms with E-state index in [0.29, 0.717) is 5.56 Å². The predicted molar refractivity (Wildman–Crippen MR) is 49.4 cm³/mol. The summed E-state index contributed by atoms with van der Waals surface area (Å²) in [5.74, 6) is -0.393. The van der Waals surface area contributed by atoms with E-state index in [2.05, 4.69) is 15.6 Å². The largest absolute Gasteiger partial charge is 0.452 e. The van der Waals surface area contributed by atoms with Gasteiger partial charge in [0, 0.05) is 5.56 Å². The second kappa shape index (κ2) is 4.86. The molecule has 0 unspecified atom stereocenters. The van der Waals surface area contributed by atoms with E-state index in [1.165, 1.54) is 7.11 Å². The van der Waals surface area contributed by atoms with Crippen LogP contribution in [0.1, 0.15) is 10.4 Å². The molecule has 0 radical (unpaired) electrons. The van der Waals surface area contributed by atoms with Crippen LogP contribution >= 0.6 is 0 Å². The van der Waals surface area contributed by atoms with Crippen LogP contribution in [-0.2, 0) is 4.74 Å². The monoisotopic (exact) mass is 194 g/mol. The standard InChI is InChI=1S/C9H10N2O3/c1-14-9(13)11-10-8(12)7-5-3-2-4-6-7/h2-6H,1H3,(H,10,12)(H,11,13). The van der Waals surface area contributed by atoms with Gasteiger partial charge in [-0.05, 0) is 12.1 Å². The second-order valence-corrected chi connectivity index (χ2v) is 2.44. The molecule has 1 aromatic rings. The molecular weight excluding hydrogens is 184 g/mol. The maximum atomic E-state index is 11.3. The van der Waals surface area contributed by atoms with Crippen molar-refractivity contribution in [3.8, 4) is 0 Å². The molecular formula is C9H10N2O3. The number of hydrogen-bond acceptors (Lipinski definition) is 3. The van der Waals surface area contributed by atoms with Crippen molar-refractivity contribution in [3.05, 3.63) is 35.9 Å². The number of carbonyl (C=O) groups excluding carboxylic acids is 2. The van der Waals surface area contributed by atoms with Gasteiger partial charge in [0.05, 0.1) is 7.11 Å². The number of hydrogen-bond donors (Lipinski definition) is 2. The molecule has 0 saturated heterocycles. The second-order valence-electron chi connectivity index (χ2n) is 2.44. The van der Waals surface area contributed by atoms with Gasteiger partial charge in [0.2, 0.25) is 0 Å². The van der Waals surface area contributed by atoms with Crippen LogP contribution in [0.2, 0.25) is 0 Å². The molecule has 1 aromatic carbocycles. The third-order valence-corrected chi connectivity index (χ3v) is 1.50. The molecule has 0 aliphatic heterocycles. The Morgan fingerprint density at radius 1 is 1.14 bits per heavy atom. The van der Waals surface area contributed by atoms with E-state index >= 15 is 0 Å². The lowest BCUT2D eigenvalue weighted by molar-refractivity contribution is 0.0920. The molecule has 0 fully saturated rings. The van der Waals surface area contributed by atoms with Crippen molar-refractivity contribution in [1.29, 1.82) is 0 Å². The van der Waals surface area contributed by atoms with Crippen molar-refractivity contribution >= 4 is 12.0 Å². The average molecular weight is 194 g/mol. The highest BCUT2D eigenvalue weighted by molar-refractivity contribution is 5.94. The summed E-state index contributed by atoms with van der Waals surface area (Å²) in [5, 5.41) is 0. The Morgan fingerprint density at radius 2 is 1.79 bits per heavy atom. The third-order valence-electron chi connectivity index (χ3n) is 1.50. The molecule has 0 atom stereocenters. The Bertz CT molecular complexity index is 324. The molecule has 5 heteroatoms. The van der Waals surface area contributed by atoms with Crippen molar-refractivity contribution in [2.24, 2.45) is 0 Å². The first-order valence-corrected chi connectivity index (χ1v) is 3.93. The van der Waals surface area contributed by atoms with E-state index in [9.17, 15) is 9.59 Å². The Hall–Kier alpha value is -2.04. The van der Waals surface area contributed by atoms with Crippen LogP contribution in [0, 0.1) is 0 Å². The number of carbonyl (C=O) groups is 2. The van der Waals surface area contributed by atoms with Crippen LogP contribution in [0.15, 0.2) is 30.3 Å². The van der Waals surface area contributed by atoms with Crippen molar-refractivity contribution < 1.29 is 14.3 Å². The van der Waals surface area contributed by atoms with E-state index in [0.717, 1.165) is 0 Å². The summed E-state index contributed by atoms with van der Waals surface area (Å²) in [6, 6.07) is 8.52. The number of ether oxygens (including phenoxy) is 1. The third kappa shape index (κ3) is 2.78. The summed E-state index contributed by atoms with van der Waals surface area (Å²) in [4.78, 5) is 21.9. The quantitative estimate of drug-likeness (QED) is 0.646. The van der Waals surface area contributed by atoms with E-state index in [-0.39, 0.29) is 0 Å². The highest BCUT2D eigenvalue weighted by Gasteiger charge is 2.05. The lowest BCUT2D eigenvalue weighted by Gasteiger charge is -2.05. The Balaban J connectivity index is 2.48. The highest BCUT2D eigenvalue weighted by atomic mass is 16.5. The molecule has 0 spiro atoms. The summed E-state index contributed by atoms with van der Waals surface area (Å²) in [7, 11) is 1.21. The van der Waals surface area contributed by atoms with Gasteiger partial charge in [0.25, 0.3) is 5.91 Å². The topological polar surface area (TPSA) is 67.4 Å². The number of hydrazine groups is 1. The number of amides is 2. The SMILES string of the molecule is COC(=O)NNC(=O)c1ccccc1. The van der Waals surface area contributed by atoms with Crippen molar-refractivity contribution in [3.63, 3.8) is 0 Å². The van der Waals surface area contributed by atoms with E-state index in [1.54, 1.807) is 30.3 Å². The van der Waals surface area contributed by atoms with Gasteiger partial charge in [-0.3, -0.25) is 10.2 Å². The number of nitrogens with one attached hydrogen (secondary N) is 2. The molecule has 0 aromatic heterocycles. The average Bonchev–Trinajstić information content (AvgIpc) is 2.26. The zero-order chi connectivity index (χ0) is 10.4. The molecule has 2 amide bonds. The zero-order valence-electron chi connectivity index (χ0n) is 7.61. The summed E-state index contributed by atoms with van der Waals surface area (Å²) >= 11 is 0. The van der Waals surface area contributed by atoms with E-state index < -0.39 is 12.0 Å². The summed E-state index contributed by atoms with van der Waals surface area (Å²) < 4.78 is 4.27. The molecule has 0 aliphatic rings. The molecule has 5 nitrogen and oxygen atoms in total. The summed E-state index contributed by atoms with van der Waals surface area (Å²) in [5.41, 5.74) is 4.72. The first-order chi connectivity index (χ1) is 6.74. The van der Waals surface area contributed by atoms with Gasteiger partial charge in [-0.2, -0.15) is 0 Å². The number of benzene rings is 1. The van der Waals surface area contributed by atoms with Crippen LogP contribution in [0.5, 0.6) is 0 Å². The predicted octanol–water partition coefficient (Wildman–Crippen LogP) is 0.687. The molecule has 0 heterocycles. The van der Waals surface area contributed by atoms with Crippen LogP contribution in [-0.4, -0.2) is 19.1 Å². The minimum atomic E-state index is -0.714. The van der Waals surface area contributed by atoms with Crippen LogP contribution in [0.25, 0.3) is 0 Å². The number of rotatable bonds is 1. The van der Waals surface area contributed by atoms with Crippen molar-refractivity contribution in [2.45, 2.75) is 0 Å². The minimum absolute atomic E-state index is 0.393. The van der Waals surface area contributed by atoms with Crippen molar-refractivity contribution in [1.82, 2.24) is 10.9 Å². The molecule has 74 valence electrons. The van der Waals surface area contributed by atoms with Gasteiger partial charge in [0.15, 0.2) is 0 Å². The first-order valence-electron chi connectivity index (χ1n) is 3.93. The Morgan fingerprint density at radius 3 is 2.36 bits per heavy atom. The lowest BCUT2D eigenvalue weighted by Crippen LogP contribution is -2.41. The maximum Gasteiger partial charge on any atom is 0.425 e. The van der Waals surface area contributed by atoms with Crippen molar-refractivity contribution in [2.75, 3.05) is 7.11 Å². The minimum Gasteiger partial charge on any atom is -0.452 e. The molecule has 14 heavy (non-hydrogen) atoms. The Kier molecular flexibility index (Phi) is 3.49. The molecule has 1 rings (SSSR count). The maximum absolute atomic E-state index is 11.3. The fourth-order valence-electron chi connectivity index (χ4n) is 0.821. The first kappa shape index (κ1) is 10.0. The molecule has 2 N–H and O–H groups in total. The van der Waals surface area contributed by atoms with Gasteiger partial charge in [-0.25, -0.2) is 10.2 Å². The van der Waals surface area contributed by atoms with Gasteiger partial charge < -0.3 is 4.74 Å². The molecule has 0 bridgehead atoms. The fourth-order valence-corrected chi connectivity index (χ4v) is 0.821. The number of methoxy groups -OCH3 is 1. The summed E-state index contributed by atoms with van der Waals surface area (Å²) in [6.07, 6.45) is -0.714. The van der Waals surface area contributed by atoms with Gasteiger partial charge in [0.1, 0.15) is 0 Å². The lowest BCUT2D eigenvalue weighted by atomic mass is 10.2. The molecule has 0 saturated carbocycles. The fraction of sp³-hybridized carbons (Fsp3) is 0.111. The molecule has 0 aliphatic carbocycles. The van der Waals surface area contributed by atoms with Gasteiger partial charge in [-0.15, -0.1) is 0 Å². The van der Waals surface area contributed by atoms with Crippen LogP contribution < -0.4 is 10.9 Å². The van der Waals surface area contributed by atoms with Gasteiger partial charge in [-0.1, -0.05) is 18.2 Å². The Labute approximate surface area is 81.0 Å². The normalized spacial score (nSPS) is 8.93.